The van der Waals surface area contributed by atoms with Crippen molar-refractivity contribution in [3.63, 3.8) is 0 Å². The molecule has 1 aromatic rings. The fourth-order valence-electron chi connectivity index (χ4n) is 1.79. The summed E-state index contributed by atoms with van der Waals surface area (Å²) in [5, 5.41) is 11.8. The zero-order valence-electron chi connectivity index (χ0n) is 9.54. The molecule has 0 saturated carbocycles. The molecule has 0 bridgehead atoms. The van der Waals surface area contributed by atoms with Gasteiger partial charge in [0.15, 0.2) is 0 Å². The Labute approximate surface area is 89.6 Å². The van der Waals surface area contributed by atoms with Crippen molar-refractivity contribution in [2.45, 2.75) is 32.8 Å². The van der Waals surface area contributed by atoms with Crippen LogP contribution >= 0.6 is 0 Å². The molecule has 0 amide bonds. The summed E-state index contributed by atoms with van der Waals surface area (Å²) < 4.78 is 0. The minimum atomic E-state index is -0.657. The van der Waals surface area contributed by atoms with Gasteiger partial charge in [0.05, 0.1) is 5.60 Å². The first-order valence-electron chi connectivity index (χ1n) is 5.30. The van der Waals surface area contributed by atoms with E-state index in [9.17, 15) is 5.11 Å². The third kappa shape index (κ3) is 2.07. The van der Waals surface area contributed by atoms with Crippen molar-refractivity contribution in [2.75, 3.05) is 0 Å². The first-order valence-corrected chi connectivity index (χ1v) is 6.30. The normalized spacial score (nSPS) is 15.8. The van der Waals surface area contributed by atoms with E-state index < -0.39 is 5.60 Å². The van der Waals surface area contributed by atoms with Crippen LogP contribution in [0.2, 0.25) is 0 Å². The molecule has 0 aliphatic heterocycles. The third-order valence-corrected chi connectivity index (χ3v) is 3.71. The summed E-state index contributed by atoms with van der Waals surface area (Å²) >= 11 is 0. The van der Waals surface area contributed by atoms with Crippen LogP contribution in [0.5, 0.6) is 0 Å². The number of hydrogen-bond acceptors (Lipinski definition) is 1. The molecular weight excluding hydrogens is 188 g/mol. The van der Waals surface area contributed by atoms with Gasteiger partial charge in [-0.15, -0.1) is 0 Å². The van der Waals surface area contributed by atoms with Crippen LogP contribution in [0.15, 0.2) is 24.3 Å². The molecule has 0 saturated heterocycles. The lowest BCUT2D eigenvalue weighted by Gasteiger charge is -2.31. The molecule has 0 spiro atoms. The highest BCUT2D eigenvalue weighted by Gasteiger charge is 2.30. The summed E-state index contributed by atoms with van der Waals surface area (Å²) in [6, 6.07) is 8.35. The van der Waals surface area contributed by atoms with Crippen LogP contribution in [0.1, 0.15) is 32.8 Å². The lowest BCUT2D eigenvalue weighted by atomic mass is 9.81. The molecule has 0 aliphatic rings. The van der Waals surface area contributed by atoms with E-state index in [2.05, 4.69) is 38.1 Å². The van der Waals surface area contributed by atoms with Crippen molar-refractivity contribution < 1.29 is 5.11 Å². The molecular formula is C12H20OSi. The average molecular weight is 208 g/mol. The van der Waals surface area contributed by atoms with Gasteiger partial charge in [-0.3, -0.25) is 0 Å². The summed E-state index contributed by atoms with van der Waals surface area (Å²) in [5.41, 5.74) is 0.393. The third-order valence-electron chi connectivity index (χ3n) is 3.05. The van der Waals surface area contributed by atoms with Gasteiger partial charge < -0.3 is 5.11 Å². The Balaban J connectivity index is 3.06. The predicted molar refractivity (Wildman–Crippen MR) is 65.0 cm³/mol. The Hall–Kier alpha value is -0.603. The molecule has 14 heavy (non-hydrogen) atoms. The van der Waals surface area contributed by atoms with Crippen molar-refractivity contribution in [3.8, 4) is 0 Å². The highest BCUT2D eigenvalue weighted by atomic mass is 28.1. The van der Waals surface area contributed by atoms with Crippen LogP contribution in [-0.4, -0.2) is 15.3 Å². The molecule has 1 atom stereocenters. The van der Waals surface area contributed by atoms with E-state index in [1.807, 2.05) is 6.92 Å². The van der Waals surface area contributed by atoms with Gasteiger partial charge in [0.1, 0.15) is 0 Å². The molecule has 1 unspecified atom stereocenters. The van der Waals surface area contributed by atoms with Gasteiger partial charge in [-0.1, -0.05) is 50.2 Å². The zero-order chi connectivity index (χ0) is 10.8. The number of aliphatic hydroxyl groups is 1. The Morgan fingerprint density at radius 1 is 1.29 bits per heavy atom. The molecule has 78 valence electrons. The first kappa shape index (κ1) is 11.5. The smallest absolute Gasteiger partial charge is 0.0916 e. The Bertz CT molecular complexity index is 292. The van der Waals surface area contributed by atoms with Gasteiger partial charge in [-0.05, 0) is 17.9 Å². The number of benzene rings is 1. The molecule has 1 aromatic carbocycles. The first-order chi connectivity index (χ1) is 6.50. The Morgan fingerprint density at radius 3 is 2.14 bits per heavy atom. The molecule has 0 radical (unpaired) electrons. The van der Waals surface area contributed by atoms with Gasteiger partial charge >= 0.3 is 0 Å². The number of rotatable bonds is 3. The second kappa shape index (κ2) is 4.28. The minimum absolute atomic E-state index is 0.257. The molecule has 0 aromatic heterocycles. The van der Waals surface area contributed by atoms with Crippen LogP contribution in [0.4, 0.5) is 0 Å². The molecule has 1 nitrogen and oxygen atoms in total. The van der Waals surface area contributed by atoms with E-state index in [-0.39, 0.29) is 5.92 Å². The van der Waals surface area contributed by atoms with Crippen LogP contribution < -0.4 is 5.19 Å². The van der Waals surface area contributed by atoms with Gasteiger partial charge in [-0.25, -0.2) is 0 Å². The van der Waals surface area contributed by atoms with Gasteiger partial charge in [0.25, 0.3) is 0 Å². The predicted octanol–water partition coefficient (Wildman–Crippen LogP) is 0.931. The maximum absolute atomic E-state index is 10.5. The quantitative estimate of drug-likeness (QED) is 0.733. The molecule has 2 heteroatoms. The maximum atomic E-state index is 10.5. The molecule has 1 N–H and O–H groups in total. The van der Waals surface area contributed by atoms with Crippen LogP contribution in [0.3, 0.4) is 0 Å². The molecule has 0 fully saturated rings. The van der Waals surface area contributed by atoms with Gasteiger partial charge in [-0.2, -0.15) is 0 Å². The van der Waals surface area contributed by atoms with Crippen LogP contribution in [0, 0.1) is 5.92 Å². The summed E-state index contributed by atoms with van der Waals surface area (Å²) in [6.45, 7) is 6.17. The van der Waals surface area contributed by atoms with E-state index in [4.69, 9.17) is 0 Å². The lowest BCUT2D eigenvalue weighted by molar-refractivity contribution is -0.0140. The highest BCUT2D eigenvalue weighted by Crippen LogP contribution is 2.32. The van der Waals surface area contributed by atoms with Crippen molar-refractivity contribution >= 4 is 15.4 Å². The highest BCUT2D eigenvalue weighted by molar-refractivity contribution is 6.32. The van der Waals surface area contributed by atoms with Crippen molar-refractivity contribution in [2.24, 2.45) is 5.92 Å². The van der Waals surface area contributed by atoms with Crippen LogP contribution in [0.25, 0.3) is 0 Å². The van der Waals surface area contributed by atoms with Gasteiger partial charge in [0.2, 0.25) is 0 Å². The summed E-state index contributed by atoms with van der Waals surface area (Å²) in [5.74, 6) is 0.257. The fraction of sp³-hybridized carbons (Fsp3) is 0.500. The number of hydrogen-bond donors (Lipinski definition) is 1. The standard InChI is InChI=1S/C12H20OSi/c1-4-12(13,9(2)3)10-5-7-11(14)8-6-10/h5-9,13H,4H2,1-3,14H3. The van der Waals surface area contributed by atoms with Crippen LogP contribution in [-0.2, 0) is 5.60 Å². The van der Waals surface area contributed by atoms with E-state index in [0.717, 1.165) is 22.2 Å². The Morgan fingerprint density at radius 2 is 1.79 bits per heavy atom. The SMILES string of the molecule is CCC(O)(c1ccc([SiH3])cc1)C(C)C. The van der Waals surface area contributed by atoms with E-state index in [1.165, 1.54) is 5.19 Å². The second-order valence-corrected chi connectivity index (χ2v) is 5.45. The monoisotopic (exact) mass is 208 g/mol. The largest absolute Gasteiger partial charge is 0.385 e. The van der Waals surface area contributed by atoms with E-state index in [1.54, 1.807) is 0 Å². The zero-order valence-corrected chi connectivity index (χ0v) is 11.5. The van der Waals surface area contributed by atoms with Crippen molar-refractivity contribution in [1.29, 1.82) is 0 Å². The van der Waals surface area contributed by atoms with Crippen molar-refractivity contribution in [1.82, 2.24) is 0 Å². The average Bonchev–Trinajstić information content (AvgIpc) is 2.17. The fourth-order valence-corrected chi connectivity index (χ4v) is 2.12. The summed E-state index contributed by atoms with van der Waals surface area (Å²) in [6.07, 6.45) is 0.769. The molecule has 1 rings (SSSR count). The lowest BCUT2D eigenvalue weighted by Crippen LogP contribution is -2.31. The Kier molecular flexibility index (Phi) is 3.51. The van der Waals surface area contributed by atoms with Crippen molar-refractivity contribution in [3.05, 3.63) is 29.8 Å². The molecule has 0 aliphatic carbocycles. The van der Waals surface area contributed by atoms with E-state index in [0.29, 0.717) is 0 Å². The summed E-state index contributed by atoms with van der Waals surface area (Å²) in [4.78, 5) is 0. The van der Waals surface area contributed by atoms with Gasteiger partial charge in [0, 0.05) is 10.2 Å². The van der Waals surface area contributed by atoms with E-state index >= 15 is 0 Å². The topological polar surface area (TPSA) is 20.2 Å². The second-order valence-electron chi connectivity index (χ2n) is 4.30. The molecule has 0 heterocycles. The maximum Gasteiger partial charge on any atom is 0.0916 e. The minimum Gasteiger partial charge on any atom is -0.385 e. The summed E-state index contributed by atoms with van der Waals surface area (Å²) in [7, 11) is 1.07.